The lowest BCUT2D eigenvalue weighted by Gasteiger charge is -2.26. The van der Waals surface area contributed by atoms with Crippen LogP contribution in [-0.4, -0.2) is 27.8 Å². The Morgan fingerprint density at radius 2 is 2.08 bits per heavy atom. The van der Waals surface area contributed by atoms with Crippen molar-refractivity contribution >= 4 is 36.4 Å². The highest BCUT2D eigenvalue weighted by atomic mass is 35.5. The third-order valence-corrected chi connectivity index (χ3v) is 4.97. The number of aromatic nitrogens is 2. The first kappa shape index (κ1) is 20.7. The molecule has 0 aliphatic heterocycles. The van der Waals surface area contributed by atoms with E-state index in [4.69, 9.17) is 0 Å². The van der Waals surface area contributed by atoms with E-state index in [9.17, 15) is 9.18 Å². The van der Waals surface area contributed by atoms with Crippen LogP contribution >= 0.6 is 24.8 Å². The van der Waals surface area contributed by atoms with Crippen molar-refractivity contribution in [1.29, 1.82) is 0 Å². The van der Waals surface area contributed by atoms with Crippen molar-refractivity contribution in [2.24, 2.45) is 7.05 Å². The largest absolute Gasteiger partial charge is 0.319 e. The Morgan fingerprint density at radius 3 is 2.69 bits per heavy atom. The SMILES string of the molecule is Cl.Cl.Cn1cc(NC(=O)c2cc(C3CC3NC3CCC3)ccc2F)cn1. The molecule has 5 nitrogen and oxygen atoms in total. The van der Waals surface area contributed by atoms with Gasteiger partial charge in [0.1, 0.15) is 5.82 Å². The van der Waals surface area contributed by atoms with Gasteiger partial charge in [-0.3, -0.25) is 9.48 Å². The molecule has 2 unspecified atom stereocenters. The zero-order chi connectivity index (χ0) is 16.7. The maximum atomic E-state index is 14.1. The quantitative estimate of drug-likeness (QED) is 0.804. The Morgan fingerprint density at radius 1 is 1.31 bits per heavy atom. The average Bonchev–Trinajstić information content (AvgIpc) is 3.17. The van der Waals surface area contributed by atoms with Gasteiger partial charge in [0, 0.05) is 31.2 Å². The van der Waals surface area contributed by atoms with Gasteiger partial charge in [-0.15, -0.1) is 24.8 Å². The van der Waals surface area contributed by atoms with Crippen molar-refractivity contribution in [3.8, 4) is 0 Å². The topological polar surface area (TPSA) is 59.0 Å². The van der Waals surface area contributed by atoms with Gasteiger partial charge in [0.2, 0.25) is 0 Å². The summed E-state index contributed by atoms with van der Waals surface area (Å²) in [7, 11) is 1.76. The maximum Gasteiger partial charge on any atom is 0.258 e. The molecule has 0 spiro atoms. The van der Waals surface area contributed by atoms with Crippen LogP contribution in [0.3, 0.4) is 0 Å². The van der Waals surface area contributed by atoms with Gasteiger partial charge in [0.25, 0.3) is 5.91 Å². The van der Waals surface area contributed by atoms with Crippen LogP contribution in [0.1, 0.15) is 47.5 Å². The monoisotopic (exact) mass is 400 g/mol. The fourth-order valence-electron chi connectivity index (χ4n) is 3.26. The molecule has 0 saturated heterocycles. The number of halogens is 3. The number of amides is 1. The molecule has 26 heavy (non-hydrogen) atoms. The Labute approximate surface area is 164 Å². The number of carbonyl (C=O) groups excluding carboxylic acids is 1. The molecule has 2 fully saturated rings. The van der Waals surface area contributed by atoms with E-state index in [1.165, 1.54) is 25.3 Å². The van der Waals surface area contributed by atoms with Crippen LogP contribution in [0.15, 0.2) is 30.6 Å². The van der Waals surface area contributed by atoms with Crippen molar-refractivity contribution < 1.29 is 9.18 Å². The van der Waals surface area contributed by atoms with Crippen molar-refractivity contribution in [1.82, 2.24) is 15.1 Å². The van der Waals surface area contributed by atoms with Crippen LogP contribution in [0, 0.1) is 5.82 Å². The fourth-order valence-corrected chi connectivity index (χ4v) is 3.26. The maximum absolute atomic E-state index is 14.1. The van der Waals surface area contributed by atoms with Gasteiger partial charge in [0.05, 0.1) is 17.4 Å². The van der Waals surface area contributed by atoms with Gasteiger partial charge in [-0.05, 0) is 37.0 Å². The second-order valence-corrected chi connectivity index (χ2v) is 6.84. The molecule has 142 valence electrons. The molecule has 1 amide bonds. The zero-order valence-corrected chi connectivity index (χ0v) is 16.1. The van der Waals surface area contributed by atoms with Crippen LogP contribution in [0.25, 0.3) is 0 Å². The molecule has 2 aliphatic rings. The third-order valence-electron chi connectivity index (χ3n) is 4.97. The fraction of sp³-hybridized carbons (Fsp3) is 0.444. The summed E-state index contributed by atoms with van der Waals surface area (Å²) in [5.74, 6) is -0.549. The molecular weight excluding hydrogens is 378 g/mol. The predicted molar refractivity (Wildman–Crippen MR) is 104 cm³/mol. The first-order valence-electron chi connectivity index (χ1n) is 8.45. The summed E-state index contributed by atoms with van der Waals surface area (Å²) in [4.78, 5) is 12.4. The highest BCUT2D eigenvalue weighted by Crippen LogP contribution is 2.42. The Bertz CT molecular complexity index is 778. The molecule has 2 aromatic rings. The number of anilines is 1. The molecule has 1 aromatic heterocycles. The van der Waals surface area contributed by atoms with E-state index in [2.05, 4.69) is 15.7 Å². The summed E-state index contributed by atoms with van der Waals surface area (Å²) in [5.41, 5.74) is 1.68. The molecule has 4 rings (SSSR count). The second kappa shape index (κ2) is 8.37. The minimum absolute atomic E-state index is 0. The number of rotatable bonds is 5. The first-order valence-corrected chi connectivity index (χ1v) is 8.45. The minimum atomic E-state index is -0.496. The number of nitrogens with zero attached hydrogens (tertiary/aromatic N) is 2. The van der Waals surface area contributed by atoms with E-state index in [0.29, 0.717) is 23.7 Å². The van der Waals surface area contributed by atoms with E-state index in [1.54, 1.807) is 36.3 Å². The van der Waals surface area contributed by atoms with Gasteiger partial charge in [-0.1, -0.05) is 12.5 Å². The molecule has 2 aliphatic carbocycles. The van der Waals surface area contributed by atoms with Crippen molar-refractivity contribution in [2.45, 2.75) is 43.7 Å². The van der Waals surface area contributed by atoms with Crippen molar-refractivity contribution in [3.63, 3.8) is 0 Å². The summed E-state index contributed by atoms with van der Waals surface area (Å²) >= 11 is 0. The molecule has 2 saturated carbocycles. The highest BCUT2D eigenvalue weighted by molar-refractivity contribution is 6.04. The number of aryl methyl sites for hydroxylation is 1. The van der Waals surface area contributed by atoms with Crippen LogP contribution in [0.2, 0.25) is 0 Å². The molecule has 2 atom stereocenters. The molecular formula is C18H23Cl2FN4O. The van der Waals surface area contributed by atoms with E-state index in [-0.39, 0.29) is 30.4 Å². The molecule has 1 aromatic carbocycles. The normalized spacial score (nSPS) is 21.2. The standard InChI is InChI=1S/C18H21FN4O.2ClH/c1-23-10-13(9-20-23)22-18(24)15-7-11(5-6-16(15)19)14-8-17(14)21-12-3-2-4-12;;/h5-7,9-10,12,14,17,21H,2-4,8H2,1H3,(H,22,24);2*1H. The Balaban J connectivity index is 0.00000121. The number of nitrogens with one attached hydrogen (secondary N) is 2. The van der Waals surface area contributed by atoms with Gasteiger partial charge in [-0.25, -0.2) is 4.39 Å². The van der Waals surface area contributed by atoms with Crippen LogP contribution in [0.5, 0.6) is 0 Å². The Hall–Kier alpha value is -1.63. The summed E-state index contributed by atoms with van der Waals surface area (Å²) in [5, 5.41) is 10.3. The number of carbonyl (C=O) groups is 1. The zero-order valence-electron chi connectivity index (χ0n) is 14.4. The molecule has 1 heterocycles. The van der Waals surface area contributed by atoms with E-state index in [1.807, 2.05) is 0 Å². The molecule has 0 radical (unpaired) electrons. The summed E-state index contributed by atoms with van der Waals surface area (Å²) in [6, 6.07) is 5.99. The third kappa shape index (κ3) is 4.37. The van der Waals surface area contributed by atoms with Gasteiger partial charge in [-0.2, -0.15) is 5.10 Å². The molecule has 2 N–H and O–H groups in total. The minimum Gasteiger partial charge on any atom is -0.319 e. The van der Waals surface area contributed by atoms with Crippen molar-refractivity contribution in [2.75, 3.05) is 5.32 Å². The number of hydrogen-bond acceptors (Lipinski definition) is 3. The lowest BCUT2D eigenvalue weighted by Crippen LogP contribution is -2.37. The van der Waals surface area contributed by atoms with E-state index < -0.39 is 11.7 Å². The van der Waals surface area contributed by atoms with E-state index in [0.717, 1.165) is 12.0 Å². The van der Waals surface area contributed by atoms with Crippen LogP contribution in [-0.2, 0) is 7.05 Å². The van der Waals surface area contributed by atoms with Crippen LogP contribution in [0.4, 0.5) is 10.1 Å². The average molecular weight is 401 g/mol. The van der Waals surface area contributed by atoms with Crippen molar-refractivity contribution in [3.05, 3.63) is 47.5 Å². The second-order valence-electron chi connectivity index (χ2n) is 6.84. The smallest absolute Gasteiger partial charge is 0.258 e. The highest BCUT2D eigenvalue weighted by Gasteiger charge is 2.40. The number of benzene rings is 1. The molecule has 8 heteroatoms. The lowest BCUT2D eigenvalue weighted by molar-refractivity contribution is 0.102. The van der Waals surface area contributed by atoms with Gasteiger partial charge in [0.15, 0.2) is 0 Å². The first-order chi connectivity index (χ1) is 11.6. The predicted octanol–water partition coefficient (Wildman–Crippen LogP) is 3.65. The number of hydrogen-bond donors (Lipinski definition) is 2. The summed E-state index contributed by atoms with van der Waals surface area (Å²) in [6.07, 6.45) is 8.10. The molecule has 0 bridgehead atoms. The van der Waals surface area contributed by atoms with E-state index >= 15 is 0 Å². The van der Waals surface area contributed by atoms with Crippen LogP contribution < -0.4 is 10.6 Å². The summed E-state index contributed by atoms with van der Waals surface area (Å²) < 4.78 is 15.7. The Kier molecular flexibility index (Phi) is 6.66. The summed E-state index contributed by atoms with van der Waals surface area (Å²) in [6.45, 7) is 0. The van der Waals surface area contributed by atoms with Gasteiger partial charge >= 0.3 is 0 Å². The lowest BCUT2D eigenvalue weighted by atomic mass is 9.93. The van der Waals surface area contributed by atoms with Gasteiger partial charge < -0.3 is 10.6 Å².